The second-order valence-electron chi connectivity index (χ2n) is 5.92. The topological polar surface area (TPSA) is 94.4 Å². The van der Waals surface area contributed by atoms with Crippen molar-refractivity contribution in [2.24, 2.45) is 30.0 Å². The molecule has 120 valence electrons. The zero-order valence-corrected chi connectivity index (χ0v) is 13.0. The molecular weight excluding hydrogens is 318 g/mol. The number of nitrogens with one attached hydrogen (secondary N) is 1. The van der Waals surface area contributed by atoms with Gasteiger partial charge in [0, 0.05) is 12.8 Å². The maximum Gasteiger partial charge on any atom is 0.157 e. The van der Waals surface area contributed by atoms with Crippen LogP contribution in [0.4, 0.5) is 11.6 Å². The van der Waals surface area contributed by atoms with E-state index in [1.807, 2.05) is 41.4 Å². The lowest BCUT2D eigenvalue weighted by atomic mass is 10.3. The van der Waals surface area contributed by atoms with Crippen LogP contribution in [0.1, 0.15) is 12.8 Å². The number of aromatic nitrogens is 1. The molecule has 0 spiro atoms. The van der Waals surface area contributed by atoms with Crippen LogP contribution in [-0.4, -0.2) is 44.7 Å². The summed E-state index contributed by atoms with van der Waals surface area (Å²) in [6.07, 6.45) is 8.98. The minimum Gasteiger partial charge on any atom is -0.224 e. The zero-order chi connectivity index (χ0) is 16.4. The molecule has 5 aliphatic rings. The summed E-state index contributed by atoms with van der Waals surface area (Å²) in [7, 11) is 0. The Bertz CT molecular complexity index is 990. The molecule has 25 heavy (non-hydrogen) atoms. The Hall–Kier alpha value is -3.62. The number of hydrogen-bond donors (Lipinski definition) is 1. The summed E-state index contributed by atoms with van der Waals surface area (Å²) in [4.78, 5) is 27.4. The van der Waals surface area contributed by atoms with Gasteiger partial charge in [-0.2, -0.15) is 0 Å². The van der Waals surface area contributed by atoms with Crippen molar-refractivity contribution in [3.05, 3.63) is 36.4 Å². The smallest absolute Gasteiger partial charge is 0.157 e. The van der Waals surface area contributed by atoms with Gasteiger partial charge in [0.2, 0.25) is 0 Å². The van der Waals surface area contributed by atoms with Gasteiger partial charge in [0.15, 0.2) is 35.0 Å². The molecule has 1 fully saturated rings. The van der Waals surface area contributed by atoms with E-state index in [0.717, 1.165) is 24.5 Å². The van der Waals surface area contributed by atoms with E-state index in [4.69, 9.17) is 0 Å². The number of aliphatic imine (C=N–C) groups is 6. The first kappa shape index (κ1) is 12.8. The van der Waals surface area contributed by atoms with Crippen LogP contribution in [0, 0.1) is 0 Å². The normalized spacial score (nSPS) is 21.8. The van der Waals surface area contributed by atoms with Gasteiger partial charge >= 0.3 is 0 Å². The molecule has 0 radical (unpaired) electrons. The van der Waals surface area contributed by atoms with E-state index in [1.54, 1.807) is 4.68 Å². The van der Waals surface area contributed by atoms with Crippen LogP contribution in [0.15, 0.2) is 66.4 Å². The molecule has 1 saturated heterocycles. The summed E-state index contributed by atoms with van der Waals surface area (Å²) in [6, 6.07) is 3.79. The molecule has 9 heteroatoms. The highest BCUT2D eigenvalue weighted by atomic mass is 15.7. The zero-order valence-electron chi connectivity index (χ0n) is 13.0. The van der Waals surface area contributed by atoms with Crippen LogP contribution in [-0.2, 0) is 0 Å². The third-order valence-corrected chi connectivity index (χ3v) is 4.29. The largest absolute Gasteiger partial charge is 0.224 e. The molecule has 1 aromatic rings. The number of hydrogen-bond acceptors (Lipinski definition) is 8. The van der Waals surface area contributed by atoms with Gasteiger partial charge in [-0.15, -0.1) is 0 Å². The summed E-state index contributed by atoms with van der Waals surface area (Å²) >= 11 is 0. The number of amidine groups is 6. The van der Waals surface area contributed by atoms with Crippen molar-refractivity contribution < 1.29 is 0 Å². The van der Waals surface area contributed by atoms with E-state index < -0.39 is 0 Å². The average Bonchev–Trinajstić information content (AvgIpc) is 3.37. The first-order valence-electron chi connectivity index (χ1n) is 7.96. The lowest BCUT2D eigenvalue weighted by Crippen LogP contribution is -2.41. The molecule has 9 nitrogen and oxygen atoms in total. The van der Waals surface area contributed by atoms with Crippen molar-refractivity contribution in [1.29, 1.82) is 0 Å². The summed E-state index contributed by atoms with van der Waals surface area (Å²) in [5, 5.41) is 1.87. The van der Waals surface area contributed by atoms with Crippen LogP contribution in [0.25, 0.3) is 0 Å². The Morgan fingerprint density at radius 1 is 0.640 bits per heavy atom. The fourth-order valence-corrected chi connectivity index (χ4v) is 3.15. The van der Waals surface area contributed by atoms with E-state index in [-0.39, 0.29) is 0 Å². The number of rotatable bonds is 0. The quantitative estimate of drug-likeness (QED) is 0.786. The van der Waals surface area contributed by atoms with Crippen molar-refractivity contribution >= 4 is 46.6 Å². The van der Waals surface area contributed by atoms with Gasteiger partial charge in [0.25, 0.3) is 0 Å². The third kappa shape index (κ3) is 1.89. The fraction of sp³-hybridized carbons (Fsp3) is 0.125. The first-order valence-corrected chi connectivity index (χ1v) is 7.96. The molecular formula is C16H11N9. The Balaban J connectivity index is 1.67. The summed E-state index contributed by atoms with van der Waals surface area (Å²) in [5.41, 5.74) is 3.34. The van der Waals surface area contributed by atoms with Crippen LogP contribution < -0.4 is 5.53 Å². The van der Waals surface area contributed by atoms with E-state index >= 15 is 0 Å². The molecule has 6 rings (SSSR count). The molecule has 6 bridgehead atoms. The van der Waals surface area contributed by atoms with E-state index in [0.29, 0.717) is 35.0 Å². The minimum atomic E-state index is 0.619. The maximum atomic E-state index is 4.66. The maximum absolute atomic E-state index is 4.66. The number of nitrogens with zero attached hydrogens (tertiary/aromatic N) is 8. The standard InChI is InChI=1S/C16H11N9/c1-2-10-17-9(1)19-13-5-6-15-21-11-3-4-12(18-11)22-16-8-7-14(20-10)25(16)23-24(13)15/h1-6,23H,7-8H2. The summed E-state index contributed by atoms with van der Waals surface area (Å²) < 4.78 is 1.80. The van der Waals surface area contributed by atoms with E-state index in [2.05, 4.69) is 35.5 Å². The van der Waals surface area contributed by atoms with Crippen molar-refractivity contribution in [3.63, 3.8) is 0 Å². The van der Waals surface area contributed by atoms with Crippen molar-refractivity contribution in [2.45, 2.75) is 12.8 Å². The SMILES string of the molecule is C1=CC2=Nc3ccc4n3NN3C(=NC1=N2)CCC3=NC1=NC(=N4)C=C1. The van der Waals surface area contributed by atoms with Crippen molar-refractivity contribution in [1.82, 2.24) is 9.69 Å². The van der Waals surface area contributed by atoms with Gasteiger partial charge in [0.1, 0.15) is 11.7 Å². The molecule has 6 heterocycles. The molecule has 0 amide bonds. The highest BCUT2D eigenvalue weighted by Gasteiger charge is 2.30. The molecule has 0 saturated carbocycles. The average molecular weight is 329 g/mol. The minimum absolute atomic E-state index is 0.619. The van der Waals surface area contributed by atoms with Crippen molar-refractivity contribution in [3.8, 4) is 0 Å². The second kappa shape index (κ2) is 4.47. The predicted octanol–water partition coefficient (Wildman–Crippen LogP) is 1.86. The second-order valence-corrected chi connectivity index (χ2v) is 5.92. The third-order valence-electron chi connectivity index (χ3n) is 4.29. The highest BCUT2D eigenvalue weighted by molar-refractivity contribution is 6.22. The highest BCUT2D eigenvalue weighted by Crippen LogP contribution is 2.28. The molecule has 0 aromatic carbocycles. The number of fused-ring (bicyclic) bond motifs is 2. The molecule has 5 aliphatic heterocycles. The molecule has 0 aliphatic carbocycles. The van der Waals surface area contributed by atoms with Gasteiger partial charge in [-0.3, -0.25) is 0 Å². The Labute approximate surface area is 141 Å². The van der Waals surface area contributed by atoms with Gasteiger partial charge < -0.3 is 0 Å². The van der Waals surface area contributed by atoms with Gasteiger partial charge in [-0.1, -0.05) is 0 Å². The summed E-state index contributed by atoms with van der Waals surface area (Å²) in [5.74, 6) is 5.62. The molecule has 1 aromatic heterocycles. The van der Waals surface area contributed by atoms with Crippen LogP contribution in [0.2, 0.25) is 0 Å². The van der Waals surface area contributed by atoms with Crippen LogP contribution >= 0.6 is 0 Å². The monoisotopic (exact) mass is 329 g/mol. The van der Waals surface area contributed by atoms with E-state index in [9.17, 15) is 0 Å². The van der Waals surface area contributed by atoms with Crippen LogP contribution in [0.3, 0.4) is 0 Å². The Kier molecular flexibility index (Phi) is 2.28. The molecule has 0 atom stereocenters. The Morgan fingerprint density at radius 2 is 1.12 bits per heavy atom. The van der Waals surface area contributed by atoms with Gasteiger partial charge in [-0.05, 0) is 36.4 Å². The van der Waals surface area contributed by atoms with Gasteiger partial charge in [-0.25, -0.2) is 45.2 Å². The van der Waals surface area contributed by atoms with Crippen LogP contribution in [0.5, 0.6) is 0 Å². The van der Waals surface area contributed by atoms with Gasteiger partial charge in [0.05, 0.1) is 0 Å². The Morgan fingerprint density at radius 3 is 1.64 bits per heavy atom. The first-order chi connectivity index (χ1) is 12.3. The number of hydrazine groups is 1. The lowest BCUT2D eigenvalue weighted by Gasteiger charge is -2.24. The van der Waals surface area contributed by atoms with Crippen molar-refractivity contribution in [2.75, 3.05) is 5.53 Å². The molecule has 1 N–H and O–H groups in total. The predicted molar refractivity (Wildman–Crippen MR) is 97.1 cm³/mol. The molecule has 0 unspecified atom stereocenters. The summed E-state index contributed by atoms with van der Waals surface area (Å²) in [6.45, 7) is 0. The van der Waals surface area contributed by atoms with E-state index in [1.165, 1.54) is 0 Å². The fourth-order valence-electron chi connectivity index (χ4n) is 3.15. The lowest BCUT2D eigenvalue weighted by molar-refractivity contribution is 0.618.